The summed E-state index contributed by atoms with van der Waals surface area (Å²) in [5.74, 6) is -0.876. The fraction of sp³-hybridized carbons (Fsp3) is 0.296. The van der Waals surface area contributed by atoms with Gasteiger partial charge in [0.2, 0.25) is 5.91 Å². The Hall–Kier alpha value is -4.07. The Morgan fingerprint density at radius 2 is 1.40 bits per heavy atom. The first kappa shape index (κ1) is 22.7. The number of benzene rings is 3. The number of piperazine rings is 1. The maximum Gasteiger partial charge on any atom is 0.258 e. The molecule has 0 spiro atoms. The molecule has 0 aromatic heterocycles. The first-order valence-corrected chi connectivity index (χ1v) is 11.8. The molecular formula is C27H27N3O5. The molecule has 2 fully saturated rings. The maximum atomic E-state index is 13.4. The van der Waals surface area contributed by atoms with Gasteiger partial charge in [0, 0.05) is 38.1 Å². The second kappa shape index (κ2) is 9.29. The molecule has 0 radical (unpaired) electrons. The normalized spacial score (nSPS) is 18.2. The van der Waals surface area contributed by atoms with Crippen LogP contribution < -0.4 is 0 Å². The van der Waals surface area contributed by atoms with E-state index < -0.39 is 6.04 Å². The highest BCUT2D eigenvalue weighted by atomic mass is 16.3. The Morgan fingerprint density at radius 1 is 0.714 bits per heavy atom. The monoisotopic (exact) mass is 473 g/mol. The molecule has 35 heavy (non-hydrogen) atoms. The van der Waals surface area contributed by atoms with Crippen molar-refractivity contribution in [3.8, 4) is 11.5 Å². The van der Waals surface area contributed by atoms with Crippen molar-refractivity contribution in [2.24, 2.45) is 0 Å². The summed E-state index contributed by atoms with van der Waals surface area (Å²) in [5, 5.41) is 22.2. The third kappa shape index (κ3) is 4.16. The average Bonchev–Trinajstić information content (AvgIpc) is 3.38. The third-order valence-electron chi connectivity index (χ3n) is 6.94. The SMILES string of the molecule is O=C(c1ccccc1O)N1CCN(C(=O)C2CCCN2C(=O)c2ccc3ccccc3c2O)CC1. The van der Waals surface area contributed by atoms with Gasteiger partial charge in [-0.2, -0.15) is 0 Å². The van der Waals surface area contributed by atoms with E-state index in [-0.39, 0.29) is 40.3 Å². The van der Waals surface area contributed by atoms with Crippen LogP contribution >= 0.6 is 0 Å². The molecule has 2 saturated heterocycles. The van der Waals surface area contributed by atoms with Crippen molar-refractivity contribution >= 4 is 28.5 Å². The number of fused-ring (bicyclic) bond motifs is 1. The minimum absolute atomic E-state index is 0.0620. The van der Waals surface area contributed by atoms with Crippen LogP contribution in [-0.2, 0) is 4.79 Å². The Labute approximate surface area is 203 Å². The van der Waals surface area contributed by atoms with Crippen molar-refractivity contribution in [1.29, 1.82) is 0 Å². The summed E-state index contributed by atoms with van der Waals surface area (Å²) in [6.07, 6.45) is 1.28. The van der Waals surface area contributed by atoms with Gasteiger partial charge in [-0.1, -0.05) is 42.5 Å². The fourth-order valence-corrected chi connectivity index (χ4v) is 5.01. The van der Waals surface area contributed by atoms with E-state index in [2.05, 4.69) is 0 Å². The minimum atomic E-state index is -0.589. The lowest BCUT2D eigenvalue weighted by Crippen LogP contribution is -2.55. The van der Waals surface area contributed by atoms with E-state index in [4.69, 9.17) is 0 Å². The topological polar surface area (TPSA) is 101 Å². The van der Waals surface area contributed by atoms with Crippen LogP contribution in [0.5, 0.6) is 11.5 Å². The molecule has 5 rings (SSSR count). The number of para-hydroxylation sites is 1. The highest BCUT2D eigenvalue weighted by molar-refractivity contribution is 6.05. The van der Waals surface area contributed by atoms with Gasteiger partial charge in [0.25, 0.3) is 11.8 Å². The molecule has 8 nitrogen and oxygen atoms in total. The van der Waals surface area contributed by atoms with Gasteiger partial charge in [-0.3, -0.25) is 14.4 Å². The minimum Gasteiger partial charge on any atom is -0.507 e. The highest BCUT2D eigenvalue weighted by Crippen LogP contribution is 2.32. The van der Waals surface area contributed by atoms with Gasteiger partial charge in [0.15, 0.2) is 0 Å². The third-order valence-corrected chi connectivity index (χ3v) is 6.94. The number of aromatic hydroxyl groups is 2. The highest BCUT2D eigenvalue weighted by Gasteiger charge is 2.39. The van der Waals surface area contributed by atoms with E-state index in [9.17, 15) is 24.6 Å². The Kier molecular flexibility index (Phi) is 6.03. The number of likely N-dealkylation sites (tertiary alicyclic amines) is 1. The van der Waals surface area contributed by atoms with Crippen molar-refractivity contribution in [2.45, 2.75) is 18.9 Å². The molecule has 3 amide bonds. The number of phenols is 2. The Balaban J connectivity index is 1.27. The van der Waals surface area contributed by atoms with Gasteiger partial charge < -0.3 is 24.9 Å². The number of hydrogen-bond donors (Lipinski definition) is 2. The van der Waals surface area contributed by atoms with Gasteiger partial charge in [-0.15, -0.1) is 0 Å². The smallest absolute Gasteiger partial charge is 0.258 e. The molecule has 0 aliphatic carbocycles. The molecule has 2 aliphatic heterocycles. The lowest BCUT2D eigenvalue weighted by Gasteiger charge is -2.37. The summed E-state index contributed by atoms with van der Waals surface area (Å²) < 4.78 is 0. The largest absolute Gasteiger partial charge is 0.507 e. The van der Waals surface area contributed by atoms with Crippen LogP contribution in [-0.4, -0.2) is 81.4 Å². The molecular weight excluding hydrogens is 446 g/mol. The molecule has 1 atom stereocenters. The molecule has 2 N–H and O–H groups in total. The van der Waals surface area contributed by atoms with E-state index in [0.29, 0.717) is 51.0 Å². The first-order valence-electron chi connectivity index (χ1n) is 11.8. The molecule has 2 aliphatic rings. The number of phenolic OH excluding ortho intramolecular Hbond substituents is 2. The second-order valence-electron chi connectivity index (χ2n) is 8.97. The van der Waals surface area contributed by atoms with Crippen LogP contribution in [0.25, 0.3) is 10.8 Å². The van der Waals surface area contributed by atoms with Crippen molar-refractivity contribution in [3.63, 3.8) is 0 Å². The van der Waals surface area contributed by atoms with Crippen molar-refractivity contribution in [2.75, 3.05) is 32.7 Å². The lowest BCUT2D eigenvalue weighted by molar-refractivity contribution is -0.136. The molecule has 2 heterocycles. The van der Waals surface area contributed by atoms with Crippen molar-refractivity contribution in [1.82, 2.24) is 14.7 Å². The maximum absolute atomic E-state index is 13.4. The van der Waals surface area contributed by atoms with Crippen LogP contribution in [0.15, 0.2) is 60.7 Å². The zero-order chi connectivity index (χ0) is 24.5. The van der Waals surface area contributed by atoms with Gasteiger partial charge >= 0.3 is 0 Å². The summed E-state index contributed by atoms with van der Waals surface area (Å²) >= 11 is 0. The van der Waals surface area contributed by atoms with Crippen LogP contribution in [0.4, 0.5) is 0 Å². The van der Waals surface area contributed by atoms with E-state index in [1.54, 1.807) is 51.1 Å². The molecule has 3 aromatic rings. The number of amides is 3. The number of carbonyl (C=O) groups excluding carboxylic acids is 3. The predicted molar refractivity (Wildman–Crippen MR) is 130 cm³/mol. The van der Waals surface area contributed by atoms with E-state index in [1.165, 1.54) is 6.07 Å². The summed E-state index contributed by atoms with van der Waals surface area (Å²) in [6.45, 7) is 1.87. The number of carbonyl (C=O) groups is 3. The Bertz CT molecular complexity index is 1300. The van der Waals surface area contributed by atoms with E-state index in [1.807, 2.05) is 18.2 Å². The molecule has 1 unspecified atom stereocenters. The zero-order valence-electron chi connectivity index (χ0n) is 19.3. The molecule has 0 bridgehead atoms. The molecule has 180 valence electrons. The first-order chi connectivity index (χ1) is 17.0. The van der Waals surface area contributed by atoms with Crippen LogP contribution in [0, 0.1) is 0 Å². The summed E-state index contributed by atoms with van der Waals surface area (Å²) in [6, 6.07) is 16.6. The predicted octanol–water partition coefficient (Wildman–Crippen LogP) is 2.84. The number of rotatable bonds is 3. The standard InChI is InChI=1S/C27H27N3O5/c31-23-10-4-3-8-20(23)25(33)28-14-16-29(17-15-28)27(35)22-9-5-13-30(22)26(34)21-12-11-18-6-1-2-7-19(18)24(21)32/h1-4,6-8,10-12,22,31-32H,5,9,13-17H2. The molecule has 8 heteroatoms. The quantitative estimate of drug-likeness (QED) is 0.609. The van der Waals surface area contributed by atoms with E-state index >= 15 is 0 Å². The van der Waals surface area contributed by atoms with Gasteiger partial charge in [0.1, 0.15) is 17.5 Å². The molecule has 3 aromatic carbocycles. The number of hydrogen-bond acceptors (Lipinski definition) is 5. The van der Waals surface area contributed by atoms with Crippen LogP contribution in [0.3, 0.4) is 0 Å². The summed E-state index contributed by atoms with van der Waals surface area (Å²) in [4.78, 5) is 44.4. The second-order valence-corrected chi connectivity index (χ2v) is 8.97. The van der Waals surface area contributed by atoms with Gasteiger partial charge in [-0.25, -0.2) is 0 Å². The summed E-state index contributed by atoms with van der Waals surface area (Å²) in [7, 11) is 0. The average molecular weight is 474 g/mol. The van der Waals surface area contributed by atoms with Gasteiger partial charge in [-0.05, 0) is 36.4 Å². The zero-order valence-corrected chi connectivity index (χ0v) is 19.3. The number of nitrogens with zero attached hydrogens (tertiary/aromatic N) is 3. The van der Waals surface area contributed by atoms with Gasteiger partial charge in [0.05, 0.1) is 11.1 Å². The van der Waals surface area contributed by atoms with E-state index in [0.717, 1.165) is 5.39 Å². The molecule has 0 saturated carbocycles. The van der Waals surface area contributed by atoms with Crippen molar-refractivity contribution in [3.05, 3.63) is 71.8 Å². The fourth-order valence-electron chi connectivity index (χ4n) is 5.01. The lowest BCUT2D eigenvalue weighted by atomic mass is 10.0. The van der Waals surface area contributed by atoms with Crippen molar-refractivity contribution < 1.29 is 24.6 Å². The summed E-state index contributed by atoms with van der Waals surface area (Å²) in [5.41, 5.74) is 0.441. The Morgan fingerprint density at radius 3 is 2.17 bits per heavy atom. The van der Waals surface area contributed by atoms with Crippen LogP contribution in [0.1, 0.15) is 33.6 Å². The van der Waals surface area contributed by atoms with Crippen LogP contribution in [0.2, 0.25) is 0 Å².